The topological polar surface area (TPSA) is 27.8 Å². The van der Waals surface area contributed by atoms with E-state index in [1.54, 1.807) is 18.2 Å². The van der Waals surface area contributed by atoms with Crippen molar-refractivity contribution in [2.24, 2.45) is 0 Å². The average Bonchev–Trinajstić information content (AvgIpc) is 2.96. The number of benzene rings is 2. The molecular weight excluding hydrogens is 369 g/mol. The van der Waals surface area contributed by atoms with Crippen LogP contribution in [0.4, 0.5) is 13.2 Å². The van der Waals surface area contributed by atoms with Gasteiger partial charge in [-0.15, -0.1) is 0 Å². The van der Waals surface area contributed by atoms with Crippen LogP contribution in [0.2, 0.25) is 5.02 Å². The van der Waals surface area contributed by atoms with Crippen LogP contribution in [0.3, 0.4) is 0 Å². The van der Waals surface area contributed by atoms with Gasteiger partial charge < -0.3 is 10.3 Å². The third kappa shape index (κ3) is 3.14. The molecule has 0 spiro atoms. The Morgan fingerprint density at radius 3 is 2.52 bits per heavy atom. The molecule has 4 rings (SSSR count). The maximum Gasteiger partial charge on any atom is 0.417 e. The molecule has 25 heavy (non-hydrogen) atoms. The fourth-order valence-corrected chi connectivity index (χ4v) is 4.23. The Labute approximate surface area is 151 Å². The molecule has 1 aliphatic rings. The standard InChI is InChI=1S/C18H14ClF3N2S/c19-10-1-3-11(4-2-10)25-15-6-5-13(18(20,21)22)16-12-9-23-8-7-14(12)24-17(15)16/h1-6,23-24H,7-9H2. The summed E-state index contributed by atoms with van der Waals surface area (Å²) in [5.74, 6) is 0. The molecule has 0 fully saturated rings. The van der Waals surface area contributed by atoms with Gasteiger partial charge in [0.15, 0.2) is 0 Å². The van der Waals surface area contributed by atoms with Gasteiger partial charge in [-0.05, 0) is 42.0 Å². The predicted molar refractivity (Wildman–Crippen MR) is 94.3 cm³/mol. The molecule has 0 unspecified atom stereocenters. The lowest BCUT2D eigenvalue weighted by molar-refractivity contribution is -0.136. The summed E-state index contributed by atoms with van der Waals surface area (Å²) >= 11 is 7.33. The second-order valence-corrected chi connectivity index (χ2v) is 7.48. The van der Waals surface area contributed by atoms with E-state index < -0.39 is 11.7 Å². The molecule has 1 aliphatic heterocycles. The van der Waals surface area contributed by atoms with Gasteiger partial charge in [0.1, 0.15) is 0 Å². The van der Waals surface area contributed by atoms with Crippen molar-refractivity contribution in [1.82, 2.24) is 10.3 Å². The smallest absolute Gasteiger partial charge is 0.357 e. The number of H-pyrrole nitrogens is 1. The molecule has 130 valence electrons. The number of hydrogen-bond donors (Lipinski definition) is 2. The Kier molecular flexibility index (Phi) is 4.22. The number of aromatic nitrogens is 1. The molecule has 2 aromatic carbocycles. The molecule has 2 nitrogen and oxygen atoms in total. The molecule has 0 aliphatic carbocycles. The van der Waals surface area contributed by atoms with Gasteiger partial charge in [-0.2, -0.15) is 13.2 Å². The summed E-state index contributed by atoms with van der Waals surface area (Å²) in [4.78, 5) is 4.95. The number of hydrogen-bond acceptors (Lipinski definition) is 2. The van der Waals surface area contributed by atoms with Gasteiger partial charge in [0.05, 0.1) is 11.1 Å². The minimum atomic E-state index is -4.38. The molecule has 2 heterocycles. The number of aromatic amines is 1. The molecule has 0 atom stereocenters. The summed E-state index contributed by atoms with van der Waals surface area (Å²) in [6.07, 6.45) is -3.68. The fourth-order valence-electron chi connectivity index (χ4n) is 3.18. The van der Waals surface area contributed by atoms with Gasteiger partial charge in [0.2, 0.25) is 0 Å². The van der Waals surface area contributed by atoms with Crippen LogP contribution in [-0.2, 0) is 19.1 Å². The summed E-state index contributed by atoms with van der Waals surface area (Å²) in [7, 11) is 0. The summed E-state index contributed by atoms with van der Waals surface area (Å²) in [5.41, 5.74) is 1.60. The Hall–Kier alpha value is -1.63. The van der Waals surface area contributed by atoms with E-state index in [0.29, 0.717) is 23.5 Å². The van der Waals surface area contributed by atoms with Crippen molar-refractivity contribution in [3.8, 4) is 0 Å². The van der Waals surface area contributed by atoms with Crippen LogP contribution in [0.1, 0.15) is 16.8 Å². The Balaban J connectivity index is 1.88. The van der Waals surface area contributed by atoms with E-state index >= 15 is 0 Å². The van der Waals surface area contributed by atoms with Gasteiger partial charge in [-0.25, -0.2) is 0 Å². The lowest BCUT2D eigenvalue weighted by Gasteiger charge is -2.15. The van der Waals surface area contributed by atoms with E-state index in [1.807, 2.05) is 12.1 Å². The second kappa shape index (κ2) is 6.27. The Morgan fingerprint density at radius 2 is 1.80 bits per heavy atom. The highest BCUT2D eigenvalue weighted by molar-refractivity contribution is 7.99. The molecule has 0 radical (unpaired) electrons. The largest absolute Gasteiger partial charge is 0.417 e. The molecule has 0 amide bonds. The average molecular weight is 383 g/mol. The van der Waals surface area contributed by atoms with Gasteiger partial charge in [-0.1, -0.05) is 23.4 Å². The third-order valence-corrected chi connectivity index (χ3v) is 5.63. The summed E-state index contributed by atoms with van der Waals surface area (Å²) < 4.78 is 40.5. The SMILES string of the molecule is FC(F)(F)c1ccc(Sc2ccc(Cl)cc2)c2[nH]c3c(c12)CNCC3. The number of halogens is 4. The van der Waals surface area contributed by atoms with Crippen molar-refractivity contribution < 1.29 is 13.2 Å². The lowest BCUT2D eigenvalue weighted by atomic mass is 10.0. The van der Waals surface area contributed by atoms with Crippen LogP contribution in [-0.4, -0.2) is 11.5 Å². The molecular formula is C18H14ClF3N2S. The van der Waals surface area contributed by atoms with Crippen molar-refractivity contribution in [1.29, 1.82) is 0 Å². The van der Waals surface area contributed by atoms with E-state index in [9.17, 15) is 13.2 Å². The zero-order chi connectivity index (χ0) is 17.6. The molecule has 7 heteroatoms. The molecule has 0 saturated heterocycles. The quantitative estimate of drug-likeness (QED) is 0.600. The first-order valence-electron chi connectivity index (χ1n) is 7.81. The first-order chi connectivity index (χ1) is 11.9. The first kappa shape index (κ1) is 16.8. The van der Waals surface area contributed by atoms with E-state index in [2.05, 4.69) is 10.3 Å². The summed E-state index contributed by atoms with van der Waals surface area (Å²) in [6.45, 7) is 1.22. The molecule has 2 N–H and O–H groups in total. The fraction of sp³-hybridized carbons (Fsp3) is 0.222. The van der Waals surface area contributed by atoms with Crippen molar-refractivity contribution in [2.75, 3.05) is 6.54 Å². The van der Waals surface area contributed by atoms with Gasteiger partial charge in [-0.3, -0.25) is 0 Å². The van der Waals surface area contributed by atoms with Crippen LogP contribution >= 0.6 is 23.4 Å². The third-order valence-electron chi connectivity index (χ3n) is 4.31. The molecule has 0 bridgehead atoms. The van der Waals surface area contributed by atoms with Crippen LogP contribution in [0.25, 0.3) is 10.9 Å². The lowest BCUT2D eigenvalue weighted by Crippen LogP contribution is -2.23. The zero-order valence-corrected chi connectivity index (χ0v) is 14.6. The van der Waals surface area contributed by atoms with Gasteiger partial charge >= 0.3 is 6.18 Å². The van der Waals surface area contributed by atoms with E-state index in [0.717, 1.165) is 27.6 Å². The molecule has 3 aromatic rings. The summed E-state index contributed by atoms with van der Waals surface area (Å²) in [6, 6.07) is 9.99. The maximum atomic E-state index is 13.5. The highest BCUT2D eigenvalue weighted by Gasteiger charge is 2.35. The monoisotopic (exact) mass is 382 g/mol. The van der Waals surface area contributed by atoms with E-state index in [-0.39, 0.29) is 5.39 Å². The zero-order valence-electron chi connectivity index (χ0n) is 13.0. The number of fused-ring (bicyclic) bond motifs is 3. The normalized spacial score (nSPS) is 14.7. The summed E-state index contributed by atoms with van der Waals surface area (Å²) in [5, 5.41) is 4.08. The van der Waals surface area contributed by atoms with Crippen LogP contribution in [0, 0.1) is 0 Å². The number of nitrogens with one attached hydrogen (secondary N) is 2. The van der Waals surface area contributed by atoms with Crippen LogP contribution in [0.5, 0.6) is 0 Å². The highest BCUT2D eigenvalue weighted by Crippen LogP contribution is 2.43. The van der Waals surface area contributed by atoms with E-state index in [4.69, 9.17) is 11.6 Å². The van der Waals surface area contributed by atoms with Crippen LogP contribution in [0.15, 0.2) is 46.2 Å². The van der Waals surface area contributed by atoms with Gasteiger partial charge in [0.25, 0.3) is 0 Å². The Morgan fingerprint density at radius 1 is 1.04 bits per heavy atom. The van der Waals surface area contributed by atoms with Crippen LogP contribution < -0.4 is 5.32 Å². The molecule has 1 aromatic heterocycles. The van der Waals surface area contributed by atoms with E-state index in [1.165, 1.54) is 17.8 Å². The number of rotatable bonds is 2. The highest BCUT2D eigenvalue weighted by atomic mass is 35.5. The maximum absolute atomic E-state index is 13.5. The minimum absolute atomic E-state index is 0.286. The van der Waals surface area contributed by atoms with Crippen molar-refractivity contribution in [3.63, 3.8) is 0 Å². The molecule has 0 saturated carbocycles. The second-order valence-electron chi connectivity index (χ2n) is 5.92. The first-order valence-corrected chi connectivity index (χ1v) is 9.00. The Bertz CT molecular complexity index is 932. The predicted octanol–water partition coefficient (Wildman–Crippen LogP) is 5.64. The van der Waals surface area contributed by atoms with Crippen molar-refractivity contribution >= 4 is 34.3 Å². The van der Waals surface area contributed by atoms with Crippen molar-refractivity contribution in [3.05, 3.63) is 58.2 Å². The van der Waals surface area contributed by atoms with Gasteiger partial charge in [0, 0.05) is 45.4 Å². The van der Waals surface area contributed by atoms with Crippen molar-refractivity contribution in [2.45, 2.75) is 28.9 Å². The minimum Gasteiger partial charge on any atom is -0.357 e. The number of alkyl halides is 3.